The molecule has 1 heterocycles. The molecular weight excluding hydrogens is 213 g/mol. The number of aliphatic carboxylic acids is 1. The molecule has 0 amide bonds. The molecule has 5 heteroatoms. The quantitative estimate of drug-likeness (QED) is 0.791. The number of carbonyl (C=O) groups is 1. The number of rotatable bonds is 2. The lowest BCUT2D eigenvalue weighted by Gasteiger charge is -2.25. The first-order valence-electron chi connectivity index (χ1n) is 4.96. The average molecular weight is 225 g/mol. The second-order valence-corrected chi connectivity index (χ2v) is 3.63. The SMILES string of the molecule is COc1c(F)ccc2c1C(C(=O)O)NCC2. The van der Waals surface area contributed by atoms with Crippen LogP contribution in [0, 0.1) is 5.82 Å². The Kier molecular flexibility index (Phi) is 2.78. The number of benzene rings is 1. The summed E-state index contributed by atoms with van der Waals surface area (Å²) >= 11 is 0. The summed E-state index contributed by atoms with van der Waals surface area (Å²) in [6.07, 6.45) is 0.676. The van der Waals surface area contributed by atoms with E-state index >= 15 is 0 Å². The molecule has 2 N–H and O–H groups in total. The lowest BCUT2D eigenvalue weighted by atomic mass is 9.93. The normalized spacial score (nSPS) is 19.0. The third kappa shape index (κ3) is 1.63. The van der Waals surface area contributed by atoms with E-state index in [0.717, 1.165) is 5.56 Å². The van der Waals surface area contributed by atoms with Gasteiger partial charge >= 0.3 is 5.97 Å². The van der Waals surface area contributed by atoms with Crippen LogP contribution < -0.4 is 10.1 Å². The minimum absolute atomic E-state index is 0.0251. The zero-order valence-electron chi connectivity index (χ0n) is 8.79. The third-order valence-electron chi connectivity index (χ3n) is 2.72. The molecule has 86 valence electrons. The van der Waals surface area contributed by atoms with Crippen LogP contribution in [0.15, 0.2) is 12.1 Å². The highest BCUT2D eigenvalue weighted by Gasteiger charge is 2.30. The third-order valence-corrected chi connectivity index (χ3v) is 2.72. The van der Waals surface area contributed by atoms with Crippen molar-refractivity contribution in [3.63, 3.8) is 0 Å². The van der Waals surface area contributed by atoms with Crippen molar-refractivity contribution >= 4 is 5.97 Å². The first-order valence-corrected chi connectivity index (χ1v) is 4.96. The Morgan fingerprint density at radius 3 is 3.00 bits per heavy atom. The van der Waals surface area contributed by atoms with Crippen molar-refractivity contribution in [1.82, 2.24) is 5.32 Å². The molecule has 0 fully saturated rings. The van der Waals surface area contributed by atoms with E-state index in [0.29, 0.717) is 18.5 Å². The summed E-state index contributed by atoms with van der Waals surface area (Å²) < 4.78 is 18.4. The van der Waals surface area contributed by atoms with Crippen molar-refractivity contribution in [2.45, 2.75) is 12.5 Å². The summed E-state index contributed by atoms with van der Waals surface area (Å²) in [7, 11) is 1.34. The number of hydrogen-bond donors (Lipinski definition) is 2. The molecule has 1 aromatic rings. The number of nitrogens with one attached hydrogen (secondary N) is 1. The van der Waals surface area contributed by atoms with Crippen molar-refractivity contribution in [2.24, 2.45) is 0 Å². The fourth-order valence-electron chi connectivity index (χ4n) is 2.02. The highest BCUT2D eigenvalue weighted by atomic mass is 19.1. The fourth-order valence-corrected chi connectivity index (χ4v) is 2.02. The van der Waals surface area contributed by atoms with Crippen molar-refractivity contribution in [3.05, 3.63) is 29.1 Å². The molecule has 2 rings (SSSR count). The maximum Gasteiger partial charge on any atom is 0.325 e. The van der Waals surface area contributed by atoms with Gasteiger partial charge in [-0.3, -0.25) is 4.79 Å². The van der Waals surface area contributed by atoms with E-state index in [1.807, 2.05) is 0 Å². The van der Waals surface area contributed by atoms with Crippen molar-refractivity contribution in [1.29, 1.82) is 0 Å². The summed E-state index contributed by atoms with van der Waals surface area (Å²) in [4.78, 5) is 11.1. The monoisotopic (exact) mass is 225 g/mol. The molecule has 1 atom stereocenters. The fraction of sp³-hybridized carbons (Fsp3) is 0.364. The van der Waals surface area contributed by atoms with Crippen LogP contribution in [0.1, 0.15) is 17.2 Å². The van der Waals surface area contributed by atoms with Crippen molar-refractivity contribution in [3.8, 4) is 5.75 Å². The summed E-state index contributed by atoms with van der Waals surface area (Å²) in [5.41, 5.74) is 1.23. The van der Waals surface area contributed by atoms with Crippen LogP contribution in [0.5, 0.6) is 5.75 Å². The molecule has 0 saturated heterocycles. The smallest absolute Gasteiger partial charge is 0.325 e. The Bertz CT molecular complexity index is 433. The van der Waals surface area contributed by atoms with Crippen LogP contribution >= 0.6 is 0 Å². The number of methoxy groups -OCH3 is 1. The van der Waals surface area contributed by atoms with E-state index < -0.39 is 17.8 Å². The van der Waals surface area contributed by atoms with Gasteiger partial charge in [-0.25, -0.2) is 4.39 Å². The van der Waals surface area contributed by atoms with Crippen LogP contribution in [-0.4, -0.2) is 24.7 Å². The van der Waals surface area contributed by atoms with Crippen molar-refractivity contribution in [2.75, 3.05) is 13.7 Å². The zero-order chi connectivity index (χ0) is 11.7. The predicted octanol–water partition coefficient (Wildman–Crippen LogP) is 1.11. The molecule has 16 heavy (non-hydrogen) atoms. The second kappa shape index (κ2) is 4.09. The number of ether oxygens (including phenoxy) is 1. The summed E-state index contributed by atoms with van der Waals surface area (Å²) in [5.74, 6) is -1.53. The standard InChI is InChI=1S/C11H12FNO3/c1-16-10-7(12)3-2-6-4-5-13-9(8(6)10)11(14)15/h2-3,9,13H,4-5H2,1H3,(H,14,15). The average Bonchev–Trinajstić information content (AvgIpc) is 2.28. The van der Waals surface area contributed by atoms with Crippen molar-refractivity contribution < 1.29 is 19.0 Å². The van der Waals surface area contributed by atoms with E-state index in [-0.39, 0.29) is 5.75 Å². The number of fused-ring (bicyclic) bond motifs is 1. The molecule has 1 aliphatic heterocycles. The van der Waals surface area contributed by atoms with E-state index in [2.05, 4.69) is 5.32 Å². The molecular formula is C11H12FNO3. The molecule has 1 unspecified atom stereocenters. The van der Waals surface area contributed by atoms with Crippen LogP contribution in [0.25, 0.3) is 0 Å². The molecule has 1 aliphatic rings. The van der Waals surface area contributed by atoms with Gasteiger partial charge in [0.25, 0.3) is 0 Å². The summed E-state index contributed by atoms with van der Waals surface area (Å²) in [6.45, 7) is 0.568. The van der Waals surface area contributed by atoms with Gasteiger partial charge in [0.1, 0.15) is 6.04 Å². The van der Waals surface area contributed by atoms with Crippen LogP contribution in [-0.2, 0) is 11.2 Å². The van der Waals surface area contributed by atoms with Gasteiger partial charge in [0.2, 0.25) is 0 Å². The van der Waals surface area contributed by atoms with Gasteiger partial charge in [0.15, 0.2) is 11.6 Å². The highest BCUT2D eigenvalue weighted by Crippen LogP contribution is 2.34. The summed E-state index contributed by atoms with van der Waals surface area (Å²) in [5, 5.41) is 11.9. The maximum absolute atomic E-state index is 13.5. The van der Waals surface area contributed by atoms with Gasteiger partial charge < -0.3 is 15.2 Å². The number of halogens is 1. The molecule has 4 nitrogen and oxygen atoms in total. The Morgan fingerprint density at radius 1 is 1.62 bits per heavy atom. The second-order valence-electron chi connectivity index (χ2n) is 3.63. The molecule has 0 aliphatic carbocycles. The van der Waals surface area contributed by atoms with Gasteiger partial charge in [-0.15, -0.1) is 0 Å². The van der Waals surface area contributed by atoms with Gasteiger partial charge in [0, 0.05) is 12.1 Å². The minimum Gasteiger partial charge on any atom is -0.493 e. The first-order chi connectivity index (χ1) is 7.65. The first kappa shape index (κ1) is 10.9. The van der Waals surface area contributed by atoms with Crippen LogP contribution in [0.3, 0.4) is 0 Å². The van der Waals surface area contributed by atoms with E-state index in [1.165, 1.54) is 13.2 Å². The number of carboxylic acid groups (broad SMARTS) is 1. The number of carboxylic acids is 1. The maximum atomic E-state index is 13.5. The Morgan fingerprint density at radius 2 is 2.38 bits per heavy atom. The Labute approximate surface area is 92.0 Å². The lowest BCUT2D eigenvalue weighted by molar-refractivity contribution is -0.139. The molecule has 0 saturated carbocycles. The van der Waals surface area contributed by atoms with Crippen LogP contribution in [0.4, 0.5) is 4.39 Å². The van der Waals surface area contributed by atoms with Gasteiger partial charge in [-0.2, -0.15) is 0 Å². The molecule has 0 radical (unpaired) electrons. The van der Waals surface area contributed by atoms with E-state index in [4.69, 9.17) is 9.84 Å². The van der Waals surface area contributed by atoms with Crippen LogP contribution in [0.2, 0.25) is 0 Å². The lowest BCUT2D eigenvalue weighted by Crippen LogP contribution is -2.35. The Balaban J connectivity index is 2.59. The number of hydrogen-bond acceptors (Lipinski definition) is 3. The predicted molar refractivity (Wildman–Crippen MR) is 55.0 cm³/mol. The Hall–Kier alpha value is -1.62. The molecule has 1 aromatic carbocycles. The van der Waals surface area contributed by atoms with Gasteiger partial charge in [-0.1, -0.05) is 6.07 Å². The summed E-state index contributed by atoms with van der Waals surface area (Å²) in [6, 6.07) is 2.03. The van der Waals surface area contributed by atoms with Gasteiger partial charge in [0.05, 0.1) is 7.11 Å². The molecule has 0 bridgehead atoms. The van der Waals surface area contributed by atoms with E-state index in [1.54, 1.807) is 6.07 Å². The largest absolute Gasteiger partial charge is 0.493 e. The topological polar surface area (TPSA) is 58.6 Å². The highest BCUT2D eigenvalue weighted by molar-refractivity contribution is 5.78. The zero-order valence-corrected chi connectivity index (χ0v) is 8.79. The minimum atomic E-state index is -1.02. The van der Waals surface area contributed by atoms with E-state index in [9.17, 15) is 9.18 Å². The molecule has 0 spiro atoms. The van der Waals surface area contributed by atoms with Gasteiger partial charge in [-0.05, 0) is 18.1 Å². The molecule has 0 aromatic heterocycles.